The van der Waals surface area contributed by atoms with E-state index in [1.807, 2.05) is 0 Å². The molecule has 0 aliphatic carbocycles. The zero-order valence-corrected chi connectivity index (χ0v) is 10.9. The molecule has 0 radical (unpaired) electrons. The van der Waals surface area contributed by atoms with Crippen LogP contribution in [0.2, 0.25) is 0 Å². The fraction of sp³-hybridized carbons (Fsp3) is 0.364. The van der Waals surface area contributed by atoms with Gasteiger partial charge in [0.15, 0.2) is 0 Å². The fourth-order valence-corrected chi connectivity index (χ4v) is 2.52. The third-order valence-corrected chi connectivity index (χ3v) is 3.61. The lowest BCUT2D eigenvalue weighted by atomic mass is 10.2. The van der Waals surface area contributed by atoms with Crippen LogP contribution in [0.5, 0.6) is 0 Å². The van der Waals surface area contributed by atoms with E-state index in [2.05, 4.69) is 9.46 Å². The van der Waals surface area contributed by atoms with Gasteiger partial charge >= 0.3 is 5.97 Å². The van der Waals surface area contributed by atoms with Crippen molar-refractivity contribution in [1.82, 2.24) is 4.72 Å². The maximum atomic E-state index is 11.7. The largest absolute Gasteiger partial charge is 0.469 e. The fourth-order valence-electron chi connectivity index (χ4n) is 1.33. The molecule has 0 heterocycles. The Balaban J connectivity index is 2.55. The Labute approximate surface area is 106 Å². The monoisotopic (exact) mass is 272 g/mol. The summed E-state index contributed by atoms with van der Waals surface area (Å²) in [5.41, 5.74) is 6.62. The van der Waals surface area contributed by atoms with Crippen molar-refractivity contribution >= 4 is 21.7 Å². The predicted octanol–water partition coefficient (Wildman–Crippen LogP) is 0.251. The standard InChI is InChI=1S/C11H16N2O4S/c1-17-11(14)6-7-13-18(15,16)8-9-4-2-3-5-10(9)12/h2-5,13H,6-8,12H2,1H3. The van der Waals surface area contributed by atoms with Gasteiger partial charge in [0.2, 0.25) is 10.0 Å². The highest BCUT2D eigenvalue weighted by molar-refractivity contribution is 7.88. The molecule has 0 aliphatic rings. The van der Waals surface area contributed by atoms with Crippen LogP contribution < -0.4 is 10.5 Å². The van der Waals surface area contributed by atoms with Crippen LogP contribution >= 0.6 is 0 Å². The van der Waals surface area contributed by atoms with Crippen molar-refractivity contribution in [2.45, 2.75) is 12.2 Å². The Morgan fingerprint density at radius 1 is 1.39 bits per heavy atom. The number of nitrogens with two attached hydrogens (primary N) is 1. The average molecular weight is 272 g/mol. The molecule has 0 saturated carbocycles. The Morgan fingerprint density at radius 3 is 2.67 bits per heavy atom. The number of esters is 1. The van der Waals surface area contributed by atoms with Gasteiger partial charge in [-0.2, -0.15) is 0 Å². The lowest BCUT2D eigenvalue weighted by Gasteiger charge is -2.08. The third kappa shape index (κ3) is 4.72. The SMILES string of the molecule is COC(=O)CCNS(=O)(=O)Cc1ccccc1N. The van der Waals surface area contributed by atoms with Crippen LogP contribution in [0.15, 0.2) is 24.3 Å². The molecular weight excluding hydrogens is 256 g/mol. The molecule has 18 heavy (non-hydrogen) atoms. The number of benzene rings is 1. The van der Waals surface area contributed by atoms with E-state index in [9.17, 15) is 13.2 Å². The number of hydrogen-bond donors (Lipinski definition) is 2. The number of ether oxygens (including phenoxy) is 1. The molecule has 3 N–H and O–H groups in total. The summed E-state index contributed by atoms with van der Waals surface area (Å²) in [7, 11) is -2.25. The Kier molecular flexibility index (Phi) is 5.11. The summed E-state index contributed by atoms with van der Waals surface area (Å²) >= 11 is 0. The minimum absolute atomic E-state index is 0.00000181. The molecule has 0 saturated heterocycles. The molecule has 0 aromatic heterocycles. The van der Waals surface area contributed by atoms with Crippen molar-refractivity contribution in [3.05, 3.63) is 29.8 Å². The van der Waals surface area contributed by atoms with Gasteiger partial charge in [0, 0.05) is 12.2 Å². The first-order valence-electron chi connectivity index (χ1n) is 5.32. The van der Waals surface area contributed by atoms with Crippen LogP contribution in [-0.2, 0) is 25.3 Å². The molecule has 0 spiro atoms. The van der Waals surface area contributed by atoms with E-state index in [4.69, 9.17) is 5.73 Å². The van der Waals surface area contributed by atoms with Crippen LogP contribution in [0.25, 0.3) is 0 Å². The lowest BCUT2D eigenvalue weighted by Crippen LogP contribution is -2.28. The Morgan fingerprint density at radius 2 is 2.06 bits per heavy atom. The number of carbonyl (C=O) groups excluding carboxylic acids is 1. The molecule has 0 unspecified atom stereocenters. The second-order valence-corrected chi connectivity index (χ2v) is 5.49. The molecule has 0 bridgehead atoms. The number of para-hydroxylation sites is 1. The number of carbonyl (C=O) groups is 1. The molecule has 0 atom stereocenters. The second kappa shape index (κ2) is 6.36. The van der Waals surface area contributed by atoms with Crippen molar-refractivity contribution in [2.24, 2.45) is 0 Å². The van der Waals surface area contributed by atoms with Gasteiger partial charge < -0.3 is 10.5 Å². The van der Waals surface area contributed by atoms with E-state index in [0.717, 1.165) is 0 Å². The van der Waals surface area contributed by atoms with Gasteiger partial charge in [0.1, 0.15) is 0 Å². The number of anilines is 1. The van der Waals surface area contributed by atoms with E-state index < -0.39 is 16.0 Å². The number of sulfonamides is 1. The van der Waals surface area contributed by atoms with Crippen molar-refractivity contribution in [3.63, 3.8) is 0 Å². The van der Waals surface area contributed by atoms with Gasteiger partial charge in [-0.25, -0.2) is 13.1 Å². The molecule has 7 heteroatoms. The Hall–Kier alpha value is -1.60. The van der Waals surface area contributed by atoms with Crippen molar-refractivity contribution in [2.75, 3.05) is 19.4 Å². The molecule has 0 fully saturated rings. The highest BCUT2D eigenvalue weighted by Crippen LogP contribution is 2.13. The molecule has 0 amide bonds. The molecular formula is C11H16N2O4S. The number of rotatable bonds is 6. The second-order valence-electron chi connectivity index (χ2n) is 3.68. The molecule has 6 nitrogen and oxygen atoms in total. The van der Waals surface area contributed by atoms with Gasteiger partial charge in [-0.1, -0.05) is 18.2 Å². The zero-order valence-electron chi connectivity index (χ0n) is 10.0. The summed E-state index contributed by atoms with van der Waals surface area (Å²) in [5.74, 6) is -0.669. The van der Waals surface area contributed by atoms with E-state index in [1.54, 1.807) is 24.3 Å². The average Bonchev–Trinajstić information content (AvgIpc) is 2.31. The van der Waals surface area contributed by atoms with Gasteiger partial charge in [-0.3, -0.25) is 4.79 Å². The number of methoxy groups -OCH3 is 1. The maximum Gasteiger partial charge on any atom is 0.306 e. The molecule has 1 aromatic carbocycles. The lowest BCUT2D eigenvalue weighted by molar-refractivity contribution is -0.140. The Bertz CT molecular complexity index is 514. The first-order chi connectivity index (χ1) is 8.44. The van der Waals surface area contributed by atoms with Gasteiger partial charge in [-0.15, -0.1) is 0 Å². The van der Waals surface area contributed by atoms with E-state index in [0.29, 0.717) is 11.3 Å². The first-order valence-corrected chi connectivity index (χ1v) is 6.97. The van der Waals surface area contributed by atoms with Gasteiger partial charge in [0.05, 0.1) is 19.3 Å². The smallest absolute Gasteiger partial charge is 0.306 e. The summed E-state index contributed by atoms with van der Waals surface area (Å²) < 4.78 is 30.1. The highest BCUT2D eigenvalue weighted by atomic mass is 32.2. The number of hydrogen-bond acceptors (Lipinski definition) is 5. The van der Waals surface area contributed by atoms with Crippen molar-refractivity contribution in [1.29, 1.82) is 0 Å². The summed E-state index contributed by atoms with van der Waals surface area (Å²) in [4.78, 5) is 10.8. The van der Waals surface area contributed by atoms with Crippen LogP contribution in [0.4, 0.5) is 5.69 Å². The molecule has 100 valence electrons. The summed E-state index contributed by atoms with van der Waals surface area (Å²) in [6, 6.07) is 6.74. The molecule has 1 rings (SSSR count). The van der Waals surface area contributed by atoms with Gasteiger partial charge in [-0.05, 0) is 11.6 Å². The maximum absolute atomic E-state index is 11.7. The van der Waals surface area contributed by atoms with Crippen LogP contribution in [0, 0.1) is 0 Å². The summed E-state index contributed by atoms with van der Waals surface area (Å²) in [6.45, 7) is 0.0156. The quantitative estimate of drug-likeness (QED) is 0.571. The number of nitrogen functional groups attached to an aromatic ring is 1. The minimum Gasteiger partial charge on any atom is -0.469 e. The predicted molar refractivity (Wildman–Crippen MR) is 68.1 cm³/mol. The van der Waals surface area contributed by atoms with Crippen molar-refractivity contribution in [3.8, 4) is 0 Å². The minimum atomic E-state index is -3.50. The summed E-state index contributed by atoms with van der Waals surface area (Å²) in [6.07, 6.45) is 0.00000181. The third-order valence-electron chi connectivity index (χ3n) is 2.28. The molecule has 0 aliphatic heterocycles. The van der Waals surface area contributed by atoms with Crippen LogP contribution in [0.1, 0.15) is 12.0 Å². The topological polar surface area (TPSA) is 98.5 Å². The normalized spacial score (nSPS) is 11.2. The van der Waals surface area contributed by atoms with Crippen LogP contribution in [0.3, 0.4) is 0 Å². The van der Waals surface area contributed by atoms with E-state index >= 15 is 0 Å². The first kappa shape index (κ1) is 14.5. The summed E-state index contributed by atoms with van der Waals surface area (Å²) in [5, 5.41) is 0. The van der Waals surface area contributed by atoms with E-state index in [-0.39, 0.29) is 18.7 Å². The van der Waals surface area contributed by atoms with Crippen molar-refractivity contribution < 1.29 is 17.9 Å². The van der Waals surface area contributed by atoms with Crippen LogP contribution in [-0.4, -0.2) is 28.0 Å². The zero-order chi connectivity index (χ0) is 13.6. The highest BCUT2D eigenvalue weighted by Gasteiger charge is 2.13. The van der Waals surface area contributed by atoms with E-state index in [1.165, 1.54) is 7.11 Å². The molecule has 1 aromatic rings. The van der Waals surface area contributed by atoms with Gasteiger partial charge in [0.25, 0.3) is 0 Å². The number of nitrogens with one attached hydrogen (secondary N) is 1.